The van der Waals surface area contributed by atoms with E-state index in [0.717, 1.165) is 50.0 Å². The zero-order valence-electron chi connectivity index (χ0n) is 17.4. The molecule has 160 valence electrons. The highest BCUT2D eigenvalue weighted by molar-refractivity contribution is 5.77. The summed E-state index contributed by atoms with van der Waals surface area (Å²) in [6, 6.07) is 14.1. The zero-order valence-corrected chi connectivity index (χ0v) is 17.4. The topological polar surface area (TPSA) is 65.9 Å². The quantitative estimate of drug-likeness (QED) is 0.794. The number of carbonyl (C=O) groups excluding carboxylic acids is 1. The third-order valence-electron chi connectivity index (χ3n) is 6.19. The van der Waals surface area contributed by atoms with E-state index in [2.05, 4.69) is 22.0 Å². The number of aromatic nitrogens is 1. The minimum atomic E-state index is -0.190. The molecule has 0 aliphatic carbocycles. The molecular weight excluding hydrogens is 378 g/mol. The number of likely N-dealkylation sites (tertiary alicyclic amines) is 1. The number of ether oxygens (including phenoxy) is 1. The van der Waals surface area contributed by atoms with Crippen LogP contribution in [0, 0.1) is 0 Å². The van der Waals surface area contributed by atoms with E-state index in [1.807, 2.05) is 35.2 Å². The van der Waals surface area contributed by atoms with Gasteiger partial charge in [-0.1, -0.05) is 30.3 Å². The third kappa shape index (κ3) is 5.25. The van der Waals surface area contributed by atoms with Crippen molar-refractivity contribution in [1.82, 2.24) is 14.8 Å². The Labute approximate surface area is 178 Å². The van der Waals surface area contributed by atoms with E-state index in [1.165, 1.54) is 0 Å². The molecule has 0 unspecified atom stereocenters. The second-order valence-corrected chi connectivity index (χ2v) is 8.24. The Bertz CT molecular complexity index is 794. The van der Waals surface area contributed by atoms with Crippen LogP contribution in [0.15, 0.2) is 54.9 Å². The van der Waals surface area contributed by atoms with E-state index in [9.17, 15) is 9.90 Å². The summed E-state index contributed by atoms with van der Waals surface area (Å²) in [5.74, 6) is 0.169. The molecule has 2 atom stereocenters. The molecule has 1 amide bonds. The molecule has 1 aromatic heterocycles. The number of morpholine rings is 1. The molecule has 1 N–H and O–H groups in total. The van der Waals surface area contributed by atoms with E-state index in [4.69, 9.17) is 4.74 Å². The first-order chi connectivity index (χ1) is 14.7. The van der Waals surface area contributed by atoms with E-state index in [0.29, 0.717) is 19.6 Å². The molecular formula is C24H31N3O3. The molecule has 0 saturated carbocycles. The Balaban J connectivity index is 1.48. The zero-order chi connectivity index (χ0) is 20.8. The van der Waals surface area contributed by atoms with Crippen molar-refractivity contribution in [2.24, 2.45) is 0 Å². The van der Waals surface area contributed by atoms with Crippen LogP contribution in [0.1, 0.15) is 36.4 Å². The van der Waals surface area contributed by atoms with Gasteiger partial charge in [0.05, 0.1) is 24.9 Å². The molecule has 0 spiro atoms. The van der Waals surface area contributed by atoms with Crippen LogP contribution in [0.5, 0.6) is 0 Å². The first-order valence-corrected chi connectivity index (χ1v) is 11.0. The minimum Gasteiger partial charge on any atom is -0.393 e. The van der Waals surface area contributed by atoms with Gasteiger partial charge in [0.25, 0.3) is 0 Å². The van der Waals surface area contributed by atoms with Crippen molar-refractivity contribution in [3.63, 3.8) is 0 Å². The summed E-state index contributed by atoms with van der Waals surface area (Å²) in [7, 11) is 0. The van der Waals surface area contributed by atoms with Gasteiger partial charge in [-0.05, 0) is 42.5 Å². The maximum absolute atomic E-state index is 13.2. The SMILES string of the molecule is O=C(CCc1ccncc1)N1CCO[C@@H](CN2CCC(O)CC2)[C@@H]1c1ccccc1. The third-order valence-corrected chi connectivity index (χ3v) is 6.19. The van der Waals surface area contributed by atoms with Crippen molar-refractivity contribution in [2.45, 2.75) is 43.9 Å². The number of benzene rings is 1. The van der Waals surface area contributed by atoms with Crippen LogP contribution in [0.25, 0.3) is 0 Å². The van der Waals surface area contributed by atoms with Gasteiger partial charge < -0.3 is 19.6 Å². The van der Waals surface area contributed by atoms with Crippen LogP contribution in [-0.2, 0) is 16.0 Å². The molecule has 6 heteroatoms. The molecule has 2 aromatic rings. The molecule has 30 heavy (non-hydrogen) atoms. The number of aliphatic hydroxyl groups excluding tert-OH is 1. The largest absolute Gasteiger partial charge is 0.393 e. The van der Waals surface area contributed by atoms with Crippen LogP contribution < -0.4 is 0 Å². The maximum Gasteiger partial charge on any atom is 0.223 e. The summed E-state index contributed by atoms with van der Waals surface area (Å²) >= 11 is 0. The average Bonchev–Trinajstić information content (AvgIpc) is 2.80. The molecule has 2 aliphatic heterocycles. The highest BCUT2D eigenvalue weighted by atomic mass is 16.5. The van der Waals surface area contributed by atoms with Gasteiger partial charge in [0.15, 0.2) is 0 Å². The Morgan fingerprint density at radius 2 is 1.80 bits per heavy atom. The van der Waals surface area contributed by atoms with Crippen LogP contribution >= 0.6 is 0 Å². The Morgan fingerprint density at radius 3 is 2.53 bits per heavy atom. The summed E-state index contributed by atoms with van der Waals surface area (Å²) < 4.78 is 6.21. The first kappa shape index (κ1) is 21.0. The molecule has 2 aliphatic rings. The number of hydrogen-bond acceptors (Lipinski definition) is 5. The lowest BCUT2D eigenvalue weighted by Gasteiger charge is -2.44. The summed E-state index contributed by atoms with van der Waals surface area (Å²) in [6.45, 7) is 3.70. The number of amides is 1. The fourth-order valence-corrected chi connectivity index (χ4v) is 4.51. The van der Waals surface area contributed by atoms with Gasteiger partial charge in [-0.3, -0.25) is 9.78 Å². The number of piperidine rings is 1. The van der Waals surface area contributed by atoms with Crippen molar-refractivity contribution < 1.29 is 14.6 Å². The Hall–Kier alpha value is -2.28. The average molecular weight is 410 g/mol. The Kier molecular flexibility index (Phi) is 7.10. The number of aryl methyl sites for hydroxylation is 1. The van der Waals surface area contributed by atoms with Crippen molar-refractivity contribution >= 4 is 5.91 Å². The maximum atomic E-state index is 13.2. The van der Waals surface area contributed by atoms with E-state index >= 15 is 0 Å². The summed E-state index contributed by atoms with van der Waals surface area (Å²) in [4.78, 5) is 21.7. The summed E-state index contributed by atoms with van der Waals surface area (Å²) in [5, 5.41) is 9.82. The van der Waals surface area contributed by atoms with Crippen molar-refractivity contribution in [1.29, 1.82) is 0 Å². The highest BCUT2D eigenvalue weighted by Crippen LogP contribution is 2.31. The predicted octanol–water partition coefficient (Wildman–Crippen LogP) is 2.44. The first-order valence-electron chi connectivity index (χ1n) is 11.0. The predicted molar refractivity (Wildman–Crippen MR) is 115 cm³/mol. The number of carbonyl (C=O) groups is 1. The molecule has 4 rings (SSSR count). The van der Waals surface area contributed by atoms with Crippen molar-refractivity contribution in [2.75, 3.05) is 32.8 Å². The Morgan fingerprint density at radius 1 is 1.07 bits per heavy atom. The minimum absolute atomic E-state index is 0.0683. The van der Waals surface area contributed by atoms with E-state index in [-0.39, 0.29) is 24.2 Å². The van der Waals surface area contributed by atoms with E-state index in [1.54, 1.807) is 12.4 Å². The van der Waals surface area contributed by atoms with Crippen LogP contribution in [0.4, 0.5) is 0 Å². The molecule has 3 heterocycles. The lowest BCUT2D eigenvalue weighted by atomic mass is 9.96. The molecule has 2 fully saturated rings. The number of pyridine rings is 1. The van der Waals surface area contributed by atoms with Gasteiger partial charge >= 0.3 is 0 Å². The van der Waals surface area contributed by atoms with Gasteiger partial charge in [0.1, 0.15) is 0 Å². The lowest BCUT2D eigenvalue weighted by Crippen LogP contribution is -2.52. The number of aliphatic hydroxyl groups is 1. The number of hydrogen-bond donors (Lipinski definition) is 1. The number of nitrogens with zero attached hydrogens (tertiary/aromatic N) is 3. The summed E-state index contributed by atoms with van der Waals surface area (Å²) in [5.41, 5.74) is 2.25. The fourth-order valence-electron chi connectivity index (χ4n) is 4.51. The molecule has 0 bridgehead atoms. The number of rotatable bonds is 6. The van der Waals surface area contributed by atoms with Crippen molar-refractivity contribution in [3.05, 3.63) is 66.0 Å². The highest BCUT2D eigenvalue weighted by Gasteiger charge is 2.37. The second kappa shape index (κ2) is 10.2. The van der Waals surface area contributed by atoms with Crippen LogP contribution in [0.3, 0.4) is 0 Å². The molecule has 2 saturated heterocycles. The van der Waals surface area contributed by atoms with Gasteiger partial charge in [-0.25, -0.2) is 0 Å². The smallest absolute Gasteiger partial charge is 0.223 e. The van der Waals surface area contributed by atoms with Gasteiger partial charge in [-0.2, -0.15) is 0 Å². The van der Waals surface area contributed by atoms with Crippen LogP contribution in [-0.4, -0.2) is 70.8 Å². The van der Waals surface area contributed by atoms with Crippen molar-refractivity contribution in [3.8, 4) is 0 Å². The molecule has 0 radical (unpaired) electrons. The van der Waals surface area contributed by atoms with E-state index < -0.39 is 0 Å². The standard InChI is InChI=1S/C24H31N3O3/c28-21-10-14-26(15-11-21)18-22-24(20-4-2-1-3-5-20)27(16-17-30-22)23(29)7-6-19-8-12-25-13-9-19/h1-5,8-9,12-13,21-22,24,28H,6-7,10-11,14-18H2/t22-,24-/m0/s1. The summed E-state index contributed by atoms with van der Waals surface area (Å²) in [6.07, 6.45) is 6.09. The normalized spacial score (nSPS) is 23.4. The molecule has 6 nitrogen and oxygen atoms in total. The lowest BCUT2D eigenvalue weighted by molar-refractivity contribution is -0.148. The van der Waals surface area contributed by atoms with Gasteiger partial charge in [0.2, 0.25) is 5.91 Å². The fraction of sp³-hybridized carbons (Fsp3) is 0.500. The second-order valence-electron chi connectivity index (χ2n) is 8.24. The molecule has 1 aromatic carbocycles. The monoisotopic (exact) mass is 409 g/mol. The van der Waals surface area contributed by atoms with Gasteiger partial charge in [0, 0.05) is 45.0 Å². The van der Waals surface area contributed by atoms with Crippen LogP contribution in [0.2, 0.25) is 0 Å². The van der Waals surface area contributed by atoms with Gasteiger partial charge in [-0.15, -0.1) is 0 Å².